The first kappa shape index (κ1) is 94.3. The van der Waals surface area contributed by atoms with Crippen LogP contribution in [0.3, 0.4) is 0 Å². The highest BCUT2D eigenvalue weighted by atomic mass is 35.5. The van der Waals surface area contributed by atoms with E-state index in [2.05, 4.69) is 42.5 Å². The number of carboxylic acids is 1. The molecule has 40 nitrogen and oxygen atoms in total. The number of carbonyl (C=O) groups excluding carboxylic acids is 7. The summed E-state index contributed by atoms with van der Waals surface area (Å²) in [5, 5.41) is 159. The zero-order valence-corrected chi connectivity index (χ0v) is 70.7. The van der Waals surface area contributed by atoms with Gasteiger partial charge in [0.25, 0.3) is 0 Å². The monoisotopic (exact) mass is 1810 g/mol. The number of thioether (sulfide) groups is 1. The van der Waals surface area contributed by atoms with Crippen LogP contribution in [0.25, 0.3) is 11.1 Å². The first-order chi connectivity index (χ1) is 59.2. The molecule has 8 aliphatic heterocycles. The first-order valence-electron chi connectivity index (χ1n) is 39.8. The second-order valence-corrected chi connectivity index (χ2v) is 34.1. The fourth-order valence-electron chi connectivity index (χ4n) is 15.5. The van der Waals surface area contributed by atoms with E-state index in [1.807, 2.05) is 45.0 Å². The Morgan fingerprint density at radius 3 is 1.96 bits per heavy atom. The number of nitrogens with two attached hydrogens (primary N) is 2. The molecule has 678 valence electrons. The van der Waals surface area contributed by atoms with Crippen LogP contribution in [0.2, 0.25) is 10.0 Å². The van der Waals surface area contributed by atoms with Gasteiger partial charge in [-0.2, -0.15) is 11.8 Å². The van der Waals surface area contributed by atoms with E-state index in [0.29, 0.717) is 24.6 Å². The molecule has 1 aromatic heterocycles. The van der Waals surface area contributed by atoms with Gasteiger partial charge < -0.3 is 162 Å². The number of nitrogens with zero attached hydrogens (tertiary/aromatic N) is 1. The van der Waals surface area contributed by atoms with Gasteiger partial charge in [0.05, 0.1) is 53.6 Å². The molecular weight excluding hydrogens is 1710 g/mol. The molecule has 2 unspecified atom stereocenters. The summed E-state index contributed by atoms with van der Waals surface area (Å²) in [5.41, 5.74) is 8.01. The van der Waals surface area contributed by atoms with Crippen molar-refractivity contribution in [3.8, 4) is 57.1 Å². The van der Waals surface area contributed by atoms with E-state index in [0.717, 1.165) is 78.3 Å². The van der Waals surface area contributed by atoms with E-state index < -0.39 is 279 Å². The summed E-state index contributed by atoms with van der Waals surface area (Å²) in [4.78, 5) is 122. The number of aliphatic hydroxyl groups excluding tert-OH is 8. The number of fused-ring (bicyclic) bond motifs is 15. The molecule has 3 saturated heterocycles. The predicted molar refractivity (Wildman–Crippen MR) is 440 cm³/mol. The minimum absolute atomic E-state index is 0.122. The Morgan fingerprint density at radius 2 is 1.32 bits per heavy atom. The van der Waals surface area contributed by atoms with Gasteiger partial charge in [-0.15, -0.1) is 0 Å². The number of aromatic hydroxyl groups is 3. The van der Waals surface area contributed by atoms with Gasteiger partial charge in [0.15, 0.2) is 30.1 Å². The van der Waals surface area contributed by atoms with Crippen molar-refractivity contribution in [2.24, 2.45) is 17.4 Å². The molecular formula is C82H101Cl2N11O29S. The van der Waals surface area contributed by atoms with Gasteiger partial charge >= 0.3 is 5.97 Å². The van der Waals surface area contributed by atoms with E-state index in [-0.39, 0.29) is 42.0 Å². The van der Waals surface area contributed by atoms with E-state index >= 15 is 24.0 Å². The number of furan rings is 1. The zero-order chi connectivity index (χ0) is 90.6. The van der Waals surface area contributed by atoms with E-state index in [1.54, 1.807) is 0 Å². The molecule has 11 bridgehead atoms. The maximum atomic E-state index is 16.4. The molecule has 14 rings (SSSR count). The Morgan fingerprint density at radius 1 is 0.688 bits per heavy atom. The summed E-state index contributed by atoms with van der Waals surface area (Å²) in [6.45, 7) is 6.28. The second kappa shape index (κ2) is 40.0. The molecule has 23 atom stereocenters. The van der Waals surface area contributed by atoms with E-state index in [4.69, 9.17) is 77.0 Å². The number of halogens is 2. The second-order valence-electron chi connectivity index (χ2n) is 32.2. The van der Waals surface area contributed by atoms with Crippen LogP contribution < -0.4 is 68.2 Å². The van der Waals surface area contributed by atoms with Crippen molar-refractivity contribution in [1.82, 2.24) is 47.4 Å². The van der Waals surface area contributed by atoms with Gasteiger partial charge in [-0.05, 0) is 136 Å². The number of phenols is 3. The molecule has 8 aliphatic rings. The van der Waals surface area contributed by atoms with E-state index in [9.17, 15) is 75.7 Å². The topological polar surface area (TPSA) is 618 Å². The van der Waals surface area contributed by atoms with Crippen LogP contribution in [0.5, 0.6) is 46.0 Å². The number of likely N-dealkylation sites (N-methyl/N-ethyl adjacent to an activating group) is 1. The number of hydrogen-bond donors (Lipinski definition) is 22. The summed E-state index contributed by atoms with van der Waals surface area (Å²) in [5.74, 6) is -14.0. The van der Waals surface area contributed by atoms with Crippen LogP contribution >= 0.6 is 35.0 Å². The highest BCUT2D eigenvalue weighted by molar-refractivity contribution is 7.98. The number of amides is 7. The number of nitrogens with one attached hydrogen (secondary N) is 8. The van der Waals surface area contributed by atoms with Gasteiger partial charge in [0, 0.05) is 53.6 Å². The standard InChI is InChI=1S/C82H101Cl2N11O29S/c1-32(2)18-45(87-5)73(108)93-61-63(101)35-9-14-49(43(83)20-35)118-51-22-37-23-52(70(51)123-81-68(106)66(104)71(54(30-96)121-81)124-80-67(105)65(103)64(102)53(120-80)28-88-16-17-125-31-40-12-11-39(117-40)29-95(6)7)119-50-15-10-36(21-44(50)84)69(122-56-27-82(4,86)72(107)33(3)116-56)62-78(113)92-60(79(114)115)42-24-38(97)25-48(99)57(42)41-19-34(8-13-47(41)98)58(75(110)94-62)91-76(111)59(37)90-74(109)46(26-55(85)100)89-77(61)112/h8-15,19-25,32-33,45-46,53-54,56,58-69,71-72,80-81,87-88,96-99,101-107H,16-18,26-31,86H2,1-7H3,(H2,85,100)(H,89,112)(H,90,109)(H,91,111)(H,92,113)(H,93,108)(H,94,110)(H,114,115)/t33-,45+,46-,53+,54+,56?,58+,59+,60+,61?,62-,63+,64-,65-,66+,67+,68+,69+,71+,72-,80-,81-,82-/m0/s1. The molecule has 0 saturated carbocycles. The summed E-state index contributed by atoms with van der Waals surface area (Å²) in [6.07, 6.45) is -28.9. The highest BCUT2D eigenvalue weighted by Gasteiger charge is 2.53. The number of benzene rings is 5. The molecule has 0 radical (unpaired) electrons. The Kier molecular flexibility index (Phi) is 30.2. The van der Waals surface area contributed by atoms with Crippen molar-refractivity contribution < 1.29 is 142 Å². The third kappa shape index (κ3) is 21.6. The Balaban J connectivity index is 1.01. The lowest BCUT2D eigenvalue weighted by Gasteiger charge is -2.46. The number of hydrogen-bond acceptors (Lipinski definition) is 33. The minimum Gasteiger partial charge on any atom is -0.508 e. The lowest BCUT2D eigenvalue weighted by atomic mass is 9.86. The fraction of sp³-hybridized carbons (Fsp3) is 0.488. The average Bonchev–Trinajstić information content (AvgIpc) is 1.11. The Hall–Kier alpha value is -9.81. The summed E-state index contributed by atoms with van der Waals surface area (Å²) in [6, 6.07) is 2.82. The van der Waals surface area contributed by atoms with Gasteiger partial charge in [0.1, 0.15) is 132 Å². The molecule has 6 aromatic rings. The van der Waals surface area contributed by atoms with Crippen LogP contribution in [0.15, 0.2) is 95.4 Å². The number of aliphatic hydroxyl groups is 8. The molecule has 43 heteroatoms. The first-order valence-corrected chi connectivity index (χ1v) is 41.8. The molecule has 0 aliphatic carbocycles. The molecule has 5 aromatic carbocycles. The molecule has 24 N–H and O–H groups in total. The Bertz CT molecular complexity index is 4970. The van der Waals surface area contributed by atoms with Gasteiger partial charge in [-0.25, -0.2) is 4.79 Å². The maximum absolute atomic E-state index is 16.4. The van der Waals surface area contributed by atoms with Gasteiger partial charge in [-0.3, -0.25) is 33.6 Å². The Labute approximate surface area is 728 Å². The van der Waals surface area contributed by atoms with Crippen molar-refractivity contribution in [2.75, 3.05) is 46.6 Å². The van der Waals surface area contributed by atoms with Crippen molar-refractivity contribution >= 4 is 82.3 Å². The number of aliphatic carboxylic acids is 1. The van der Waals surface area contributed by atoms with Crippen molar-refractivity contribution in [3.05, 3.63) is 140 Å². The molecule has 125 heavy (non-hydrogen) atoms. The van der Waals surface area contributed by atoms with Crippen LogP contribution in [0.4, 0.5) is 0 Å². The molecule has 7 amide bonds. The predicted octanol–water partition coefficient (Wildman–Crippen LogP) is 0.116. The number of phenolic OH excluding ortho intramolecular Hbond substituents is 3. The lowest BCUT2D eigenvalue weighted by molar-refractivity contribution is -0.350. The average molecular weight is 1810 g/mol. The number of carbonyl (C=O) groups is 8. The van der Waals surface area contributed by atoms with Gasteiger partial charge in [-0.1, -0.05) is 55.2 Å². The molecule has 9 heterocycles. The molecule has 3 fully saturated rings. The summed E-state index contributed by atoms with van der Waals surface area (Å²) < 4.78 is 57.1. The van der Waals surface area contributed by atoms with Crippen molar-refractivity contribution in [1.29, 1.82) is 0 Å². The SMILES string of the molecule is CN[C@H](CC(C)C)C(=O)NC1C(=O)N[C@@H](CC(N)=O)C(=O)N[C@H]2C(=O)N[C@H]3C(=O)N[C@H](C(=O)N[C@@H](C(=O)O)c4cc(O)cc(O)c4-c4cc3ccc4O)[C@H](OC3C[C@](C)(N)[C@@H](O)[C@H](C)O3)c3ccc(c(Cl)c3)Oc3cc2cc(c3O[C@@H]2O[C@H](CO)[C@@H](O[C@@H]3O[C@H](CNCCSCc4ccc(CN(C)C)o4)[C@H](O)[C@H](O)[C@H]3O)[C@H](O)[C@H]2O)Oc2ccc(cc2Cl)[C@H]1O. The van der Waals surface area contributed by atoms with Crippen molar-refractivity contribution in [2.45, 2.75) is 199 Å². The zero-order valence-electron chi connectivity index (χ0n) is 68.4. The third-order valence-corrected chi connectivity index (χ3v) is 23.5. The van der Waals surface area contributed by atoms with Crippen LogP contribution in [0.1, 0.15) is 117 Å². The van der Waals surface area contributed by atoms with E-state index in [1.165, 1.54) is 44.8 Å². The summed E-state index contributed by atoms with van der Waals surface area (Å²) in [7, 11) is 5.29. The highest BCUT2D eigenvalue weighted by Crippen LogP contribution is 2.50. The maximum Gasteiger partial charge on any atom is 0.330 e. The van der Waals surface area contributed by atoms with Crippen molar-refractivity contribution in [3.63, 3.8) is 0 Å². The quantitative estimate of drug-likeness (QED) is 0.0358. The molecule has 0 spiro atoms. The number of primary amides is 1. The van der Waals surface area contributed by atoms with Crippen LogP contribution in [-0.4, -0.2) is 270 Å². The minimum atomic E-state index is -2.42. The fourth-order valence-corrected chi connectivity index (χ4v) is 16.7. The summed E-state index contributed by atoms with van der Waals surface area (Å²) >= 11 is 16.0. The largest absolute Gasteiger partial charge is 0.508 e. The van der Waals surface area contributed by atoms with Crippen LogP contribution in [0, 0.1) is 5.92 Å². The number of ether oxygens (including phenoxy) is 8. The van der Waals surface area contributed by atoms with Crippen LogP contribution in [-0.2, 0) is 74.3 Å². The normalized spacial score (nSPS) is 29.9. The number of carboxylic acid groups (broad SMARTS) is 1. The van der Waals surface area contributed by atoms with Gasteiger partial charge in [0.2, 0.25) is 53.4 Å². The smallest absolute Gasteiger partial charge is 0.330 e. The third-order valence-electron chi connectivity index (χ3n) is 21.9. The lowest BCUT2D eigenvalue weighted by Crippen LogP contribution is -2.65. The number of rotatable bonds is 24.